The third-order valence-corrected chi connectivity index (χ3v) is 3.43. The predicted molar refractivity (Wildman–Crippen MR) is 80.2 cm³/mol. The van der Waals surface area contributed by atoms with Crippen molar-refractivity contribution in [3.8, 4) is 0 Å². The van der Waals surface area contributed by atoms with Crippen LogP contribution < -0.4 is 5.32 Å². The van der Waals surface area contributed by atoms with Gasteiger partial charge in [-0.15, -0.1) is 0 Å². The van der Waals surface area contributed by atoms with Gasteiger partial charge in [-0.05, 0) is 35.2 Å². The van der Waals surface area contributed by atoms with Crippen molar-refractivity contribution in [3.63, 3.8) is 0 Å². The van der Waals surface area contributed by atoms with Gasteiger partial charge in [0.25, 0.3) is 0 Å². The van der Waals surface area contributed by atoms with Gasteiger partial charge >= 0.3 is 0 Å². The molecule has 0 saturated carbocycles. The van der Waals surface area contributed by atoms with Crippen molar-refractivity contribution in [2.24, 2.45) is 0 Å². The maximum absolute atomic E-state index is 13.4. The lowest BCUT2D eigenvalue weighted by atomic mass is 9.81. The summed E-state index contributed by atoms with van der Waals surface area (Å²) in [6, 6.07) is 9.75. The molecule has 0 aliphatic heterocycles. The van der Waals surface area contributed by atoms with Crippen molar-refractivity contribution >= 4 is 0 Å². The van der Waals surface area contributed by atoms with Gasteiger partial charge in [0.15, 0.2) is 0 Å². The molecule has 20 heavy (non-hydrogen) atoms. The quantitative estimate of drug-likeness (QED) is 0.918. The molecule has 106 valence electrons. The van der Waals surface area contributed by atoms with E-state index in [4.69, 9.17) is 0 Å². The maximum atomic E-state index is 13.4. The van der Waals surface area contributed by atoms with E-state index in [1.807, 2.05) is 19.2 Å². The summed E-state index contributed by atoms with van der Waals surface area (Å²) in [7, 11) is 1.88. The first-order valence-electron chi connectivity index (χ1n) is 6.80. The molecule has 1 heterocycles. The maximum Gasteiger partial charge on any atom is 0.141 e. The highest BCUT2D eigenvalue weighted by Gasteiger charge is 2.23. The predicted octanol–water partition coefficient (Wildman–Crippen LogP) is 3.83. The van der Waals surface area contributed by atoms with Crippen LogP contribution in [-0.2, 0) is 5.41 Å². The molecule has 1 unspecified atom stereocenters. The Bertz CT molecular complexity index is 588. The third kappa shape index (κ3) is 3.05. The summed E-state index contributed by atoms with van der Waals surface area (Å²) in [6.45, 7) is 6.55. The average molecular weight is 272 g/mol. The van der Waals surface area contributed by atoms with Crippen molar-refractivity contribution in [1.82, 2.24) is 10.3 Å². The topological polar surface area (TPSA) is 24.9 Å². The van der Waals surface area contributed by atoms with E-state index in [1.54, 1.807) is 6.20 Å². The summed E-state index contributed by atoms with van der Waals surface area (Å²) in [4.78, 5) is 3.96. The zero-order chi connectivity index (χ0) is 14.8. The number of halogens is 1. The Balaban J connectivity index is 2.53. The van der Waals surface area contributed by atoms with Crippen LogP contribution >= 0.6 is 0 Å². The van der Waals surface area contributed by atoms with Crippen molar-refractivity contribution < 1.29 is 4.39 Å². The van der Waals surface area contributed by atoms with Crippen LogP contribution in [0.4, 0.5) is 4.39 Å². The molecular weight excluding hydrogens is 251 g/mol. The van der Waals surface area contributed by atoms with E-state index in [9.17, 15) is 4.39 Å². The van der Waals surface area contributed by atoms with Crippen LogP contribution in [0.1, 0.15) is 43.5 Å². The summed E-state index contributed by atoms with van der Waals surface area (Å²) < 4.78 is 13.4. The molecule has 1 aromatic carbocycles. The largest absolute Gasteiger partial charge is 0.309 e. The Kier molecular flexibility index (Phi) is 4.19. The minimum atomic E-state index is -0.309. The van der Waals surface area contributed by atoms with Crippen LogP contribution in [0.15, 0.2) is 42.7 Å². The molecule has 1 atom stereocenters. The van der Waals surface area contributed by atoms with Gasteiger partial charge < -0.3 is 5.32 Å². The van der Waals surface area contributed by atoms with Crippen molar-refractivity contribution in [2.45, 2.75) is 32.2 Å². The molecule has 3 heteroatoms. The fraction of sp³-hybridized carbons (Fsp3) is 0.353. The first-order valence-corrected chi connectivity index (χ1v) is 6.80. The molecule has 2 rings (SSSR count). The van der Waals surface area contributed by atoms with Crippen LogP contribution in [0.3, 0.4) is 0 Å². The molecule has 0 saturated heterocycles. The molecule has 0 amide bonds. The first-order chi connectivity index (χ1) is 9.43. The third-order valence-electron chi connectivity index (χ3n) is 3.43. The van der Waals surface area contributed by atoms with Gasteiger partial charge in [0, 0.05) is 6.20 Å². The smallest absolute Gasteiger partial charge is 0.141 e. The number of benzene rings is 1. The molecule has 0 aliphatic carbocycles. The molecular formula is C17H21FN2. The second-order valence-corrected chi connectivity index (χ2v) is 6.00. The van der Waals surface area contributed by atoms with Crippen molar-refractivity contribution in [3.05, 3.63) is 65.2 Å². The number of nitrogens with zero attached hydrogens (tertiary/aromatic N) is 1. The Morgan fingerprint density at radius 3 is 2.45 bits per heavy atom. The number of nitrogens with one attached hydrogen (secondary N) is 1. The van der Waals surface area contributed by atoms with Gasteiger partial charge in [-0.3, -0.25) is 4.98 Å². The minimum absolute atomic E-state index is 0.0342. The lowest BCUT2D eigenvalue weighted by molar-refractivity contribution is 0.564. The molecule has 0 radical (unpaired) electrons. The first kappa shape index (κ1) is 14.7. The van der Waals surface area contributed by atoms with E-state index < -0.39 is 0 Å². The molecule has 0 aliphatic rings. The van der Waals surface area contributed by atoms with Crippen LogP contribution in [0.2, 0.25) is 0 Å². The molecule has 0 fully saturated rings. The summed E-state index contributed by atoms with van der Waals surface area (Å²) in [5.41, 5.74) is 3.29. The fourth-order valence-electron chi connectivity index (χ4n) is 2.52. The zero-order valence-corrected chi connectivity index (χ0v) is 12.4. The second-order valence-electron chi connectivity index (χ2n) is 6.00. The number of aromatic nitrogens is 1. The van der Waals surface area contributed by atoms with Gasteiger partial charge in [-0.2, -0.15) is 0 Å². The molecule has 2 aromatic rings. The van der Waals surface area contributed by atoms with Crippen molar-refractivity contribution in [2.75, 3.05) is 7.05 Å². The molecule has 1 aromatic heterocycles. The standard InChI is InChI=1S/C17H21FN2/c1-17(2,3)15-8-6-5-7-14(15)16(19-4)12-9-13(18)11-20-10-12/h5-11,16,19H,1-4H3. The zero-order valence-electron chi connectivity index (χ0n) is 12.4. The van der Waals surface area contributed by atoms with Crippen molar-refractivity contribution in [1.29, 1.82) is 0 Å². The average Bonchev–Trinajstić information content (AvgIpc) is 2.39. The Morgan fingerprint density at radius 1 is 1.15 bits per heavy atom. The van der Waals surface area contributed by atoms with E-state index in [1.165, 1.54) is 17.8 Å². The molecule has 1 N–H and O–H groups in total. The minimum Gasteiger partial charge on any atom is -0.309 e. The fourth-order valence-corrected chi connectivity index (χ4v) is 2.52. The number of rotatable bonds is 3. The molecule has 2 nitrogen and oxygen atoms in total. The number of pyridine rings is 1. The van der Waals surface area contributed by atoms with Gasteiger partial charge in [0.2, 0.25) is 0 Å². The monoisotopic (exact) mass is 272 g/mol. The van der Waals surface area contributed by atoms with Gasteiger partial charge in [-0.1, -0.05) is 45.0 Å². The van der Waals surface area contributed by atoms with E-state index in [2.05, 4.69) is 43.2 Å². The lowest BCUT2D eigenvalue weighted by Crippen LogP contribution is -2.23. The summed E-state index contributed by atoms with van der Waals surface area (Å²) in [5, 5.41) is 3.27. The van der Waals surface area contributed by atoms with E-state index >= 15 is 0 Å². The number of hydrogen-bond acceptors (Lipinski definition) is 2. The summed E-state index contributed by atoms with van der Waals surface area (Å²) in [6.07, 6.45) is 2.94. The van der Waals surface area contributed by atoms with Gasteiger partial charge in [0.1, 0.15) is 5.82 Å². The SMILES string of the molecule is CNC(c1cncc(F)c1)c1ccccc1C(C)(C)C. The molecule has 0 spiro atoms. The second kappa shape index (κ2) is 5.71. The van der Waals surface area contributed by atoms with Gasteiger partial charge in [-0.25, -0.2) is 4.39 Å². The highest BCUT2D eigenvalue weighted by molar-refractivity contribution is 5.40. The van der Waals surface area contributed by atoms with Crippen LogP contribution in [0.5, 0.6) is 0 Å². The lowest BCUT2D eigenvalue weighted by Gasteiger charge is -2.27. The van der Waals surface area contributed by atoms with E-state index in [-0.39, 0.29) is 17.3 Å². The van der Waals surface area contributed by atoms with Gasteiger partial charge in [0.05, 0.1) is 12.2 Å². The highest BCUT2D eigenvalue weighted by Crippen LogP contribution is 2.32. The summed E-state index contributed by atoms with van der Waals surface area (Å²) in [5.74, 6) is -0.309. The molecule has 0 bridgehead atoms. The Morgan fingerprint density at radius 2 is 1.85 bits per heavy atom. The number of hydrogen-bond donors (Lipinski definition) is 1. The van der Waals surface area contributed by atoms with E-state index in [0.29, 0.717) is 0 Å². The van der Waals surface area contributed by atoms with Crippen LogP contribution in [0.25, 0.3) is 0 Å². The summed E-state index contributed by atoms with van der Waals surface area (Å²) >= 11 is 0. The Labute approximate surface area is 120 Å². The normalized spacial score (nSPS) is 13.2. The van der Waals surface area contributed by atoms with Crippen LogP contribution in [0, 0.1) is 5.82 Å². The highest BCUT2D eigenvalue weighted by atomic mass is 19.1. The van der Waals surface area contributed by atoms with E-state index in [0.717, 1.165) is 11.1 Å². The Hall–Kier alpha value is -1.74. The van der Waals surface area contributed by atoms with Crippen LogP contribution in [-0.4, -0.2) is 12.0 Å².